The van der Waals surface area contributed by atoms with Gasteiger partial charge in [-0.15, -0.1) is 0 Å². The maximum atomic E-state index is 13.4. The number of rotatable bonds is 11. The first-order valence-corrected chi connectivity index (χ1v) is 13.9. The smallest absolute Gasteiger partial charge is 0.411 e. The predicted molar refractivity (Wildman–Crippen MR) is 154 cm³/mol. The molecule has 0 radical (unpaired) electrons. The second-order valence-corrected chi connectivity index (χ2v) is 11.8. The van der Waals surface area contributed by atoms with Crippen LogP contribution in [0.25, 0.3) is 10.8 Å². The molecule has 2 aromatic rings. The molecule has 0 heterocycles. The van der Waals surface area contributed by atoms with Crippen molar-refractivity contribution in [2.75, 3.05) is 0 Å². The molecule has 0 saturated carbocycles. The van der Waals surface area contributed by atoms with Crippen molar-refractivity contribution in [1.82, 2.24) is 4.90 Å². The lowest BCUT2D eigenvalue weighted by Gasteiger charge is -2.37. The fraction of sp³-hybridized carbons (Fsp3) is 0.516. The third kappa shape index (κ3) is 9.48. The minimum absolute atomic E-state index is 0.0635. The summed E-state index contributed by atoms with van der Waals surface area (Å²) < 4.78 is 5.86. The summed E-state index contributed by atoms with van der Waals surface area (Å²) in [6, 6.07) is 14.7. The van der Waals surface area contributed by atoms with Crippen LogP contribution in [0.3, 0.4) is 0 Å². The van der Waals surface area contributed by atoms with E-state index >= 15 is 0 Å². The number of benzene rings is 2. The maximum Gasteiger partial charge on any atom is 0.411 e. The summed E-state index contributed by atoms with van der Waals surface area (Å²) in [5.74, 6) is 0.493. The molecule has 0 aliphatic rings. The van der Waals surface area contributed by atoms with E-state index < -0.39 is 5.60 Å². The number of alkyl halides is 1. The van der Waals surface area contributed by atoms with E-state index in [2.05, 4.69) is 110 Å². The number of carbonyl (C=O) groups is 1. The predicted octanol–water partition coefficient (Wildman–Crippen LogP) is 9.62. The molecule has 192 valence electrons. The molecular formula is C31H44BrNO2. The van der Waals surface area contributed by atoms with Gasteiger partial charge in [-0.2, -0.15) is 0 Å². The van der Waals surface area contributed by atoms with Crippen LogP contribution >= 0.6 is 15.9 Å². The molecule has 0 spiro atoms. The summed E-state index contributed by atoms with van der Waals surface area (Å²) in [5.41, 5.74) is 0.618. The molecule has 35 heavy (non-hydrogen) atoms. The van der Waals surface area contributed by atoms with Crippen LogP contribution in [0.4, 0.5) is 4.79 Å². The number of hydrogen-bond acceptors (Lipinski definition) is 2. The summed E-state index contributed by atoms with van der Waals surface area (Å²) in [6.45, 7) is 14.5. The van der Waals surface area contributed by atoms with Crippen LogP contribution in [0, 0.1) is 5.92 Å². The zero-order valence-electron chi connectivity index (χ0n) is 22.6. The minimum atomic E-state index is -0.535. The van der Waals surface area contributed by atoms with Crippen LogP contribution in [0.5, 0.6) is 0 Å². The third-order valence-electron chi connectivity index (χ3n) is 6.31. The van der Waals surface area contributed by atoms with Crippen molar-refractivity contribution >= 4 is 32.8 Å². The lowest BCUT2D eigenvalue weighted by molar-refractivity contribution is 0.00718. The molecule has 4 heteroatoms. The van der Waals surface area contributed by atoms with Gasteiger partial charge in [-0.25, -0.2) is 4.79 Å². The van der Waals surface area contributed by atoms with Crippen LogP contribution in [-0.2, 0) is 4.74 Å². The van der Waals surface area contributed by atoms with Crippen molar-refractivity contribution in [2.45, 2.75) is 96.7 Å². The van der Waals surface area contributed by atoms with Crippen LogP contribution in [0.2, 0.25) is 0 Å². The van der Waals surface area contributed by atoms with Gasteiger partial charge >= 0.3 is 6.09 Å². The molecule has 4 atom stereocenters. The van der Waals surface area contributed by atoms with E-state index in [0.717, 1.165) is 31.2 Å². The molecule has 2 rings (SSSR count). The first kappa shape index (κ1) is 29.2. The van der Waals surface area contributed by atoms with Crippen molar-refractivity contribution in [2.24, 2.45) is 5.92 Å². The number of hydrogen-bond donors (Lipinski definition) is 0. The average Bonchev–Trinajstić information content (AvgIpc) is 2.80. The third-order valence-corrected chi connectivity index (χ3v) is 7.26. The second kappa shape index (κ2) is 13.9. The molecule has 0 fully saturated rings. The molecule has 0 N–H and O–H groups in total. The van der Waals surface area contributed by atoms with Gasteiger partial charge < -0.3 is 4.74 Å². The van der Waals surface area contributed by atoms with Crippen molar-refractivity contribution in [3.8, 4) is 0 Å². The Morgan fingerprint density at radius 3 is 2.34 bits per heavy atom. The Kier molecular flexibility index (Phi) is 11.6. The van der Waals surface area contributed by atoms with E-state index in [0.29, 0.717) is 10.7 Å². The number of halogens is 1. The molecule has 0 saturated heterocycles. The Morgan fingerprint density at radius 2 is 1.66 bits per heavy atom. The van der Waals surface area contributed by atoms with E-state index in [9.17, 15) is 4.79 Å². The van der Waals surface area contributed by atoms with E-state index in [4.69, 9.17) is 4.74 Å². The topological polar surface area (TPSA) is 29.5 Å². The summed E-state index contributed by atoms with van der Waals surface area (Å²) >= 11 is 3.62. The van der Waals surface area contributed by atoms with Gasteiger partial charge in [0, 0.05) is 10.9 Å². The average molecular weight is 543 g/mol. The molecule has 1 unspecified atom stereocenters. The normalized spacial score (nSPS) is 15.9. The fourth-order valence-electron chi connectivity index (χ4n) is 4.34. The highest BCUT2D eigenvalue weighted by Gasteiger charge is 2.31. The van der Waals surface area contributed by atoms with Gasteiger partial charge in [0.05, 0.1) is 6.04 Å². The first-order valence-electron chi connectivity index (χ1n) is 13.0. The monoisotopic (exact) mass is 541 g/mol. The Bertz CT molecular complexity index is 986. The lowest BCUT2D eigenvalue weighted by Crippen LogP contribution is -2.43. The second-order valence-electron chi connectivity index (χ2n) is 10.6. The largest absolute Gasteiger partial charge is 0.444 e. The molecule has 0 aliphatic heterocycles. The zero-order chi connectivity index (χ0) is 26.0. The van der Waals surface area contributed by atoms with Crippen molar-refractivity contribution in [3.05, 3.63) is 72.3 Å². The Morgan fingerprint density at radius 1 is 1.00 bits per heavy atom. The van der Waals surface area contributed by atoms with E-state index in [1.807, 2.05) is 25.7 Å². The highest BCUT2D eigenvalue weighted by molar-refractivity contribution is 9.09. The number of fused-ring (bicyclic) bond motifs is 1. The molecule has 2 aromatic carbocycles. The fourth-order valence-corrected chi connectivity index (χ4v) is 4.52. The van der Waals surface area contributed by atoms with E-state index in [1.54, 1.807) is 0 Å². The Hall–Kier alpha value is -2.07. The number of nitrogens with zero attached hydrogens (tertiary/aromatic N) is 1. The number of allylic oxidation sites excluding steroid dienone is 4. The lowest BCUT2D eigenvalue weighted by atomic mass is 9.96. The Labute approximate surface area is 221 Å². The molecular weight excluding hydrogens is 498 g/mol. The van der Waals surface area contributed by atoms with Gasteiger partial charge in [0.25, 0.3) is 0 Å². The van der Waals surface area contributed by atoms with Gasteiger partial charge in [0.2, 0.25) is 0 Å². The molecule has 3 nitrogen and oxygen atoms in total. The highest BCUT2D eigenvalue weighted by Crippen LogP contribution is 2.32. The van der Waals surface area contributed by atoms with E-state index in [1.165, 1.54) is 10.8 Å². The summed E-state index contributed by atoms with van der Waals surface area (Å²) in [4.78, 5) is 15.8. The zero-order valence-corrected chi connectivity index (χ0v) is 24.2. The minimum Gasteiger partial charge on any atom is -0.444 e. The summed E-state index contributed by atoms with van der Waals surface area (Å²) in [7, 11) is 0. The number of ether oxygens (including phenoxy) is 1. The Balaban J connectivity index is 2.13. The van der Waals surface area contributed by atoms with Crippen molar-refractivity contribution in [3.63, 3.8) is 0 Å². The molecule has 0 aromatic heterocycles. The van der Waals surface area contributed by atoms with Gasteiger partial charge in [-0.05, 0) is 76.1 Å². The van der Waals surface area contributed by atoms with Crippen molar-refractivity contribution in [1.29, 1.82) is 0 Å². The van der Waals surface area contributed by atoms with Gasteiger partial charge in [-0.3, -0.25) is 4.90 Å². The van der Waals surface area contributed by atoms with Crippen LogP contribution in [0.15, 0.2) is 66.8 Å². The summed E-state index contributed by atoms with van der Waals surface area (Å²) in [5, 5.41) is 2.37. The SMILES string of the molecule is CCC(Br)/C=C\C=C\[C@@H](C)CCC[C@H](C)N(C(=O)OC(C)(C)C)[C@H](C)c1cccc2ccccc12. The maximum absolute atomic E-state index is 13.4. The van der Waals surface area contributed by atoms with Crippen LogP contribution in [0.1, 0.15) is 85.8 Å². The van der Waals surface area contributed by atoms with Crippen LogP contribution in [-0.4, -0.2) is 27.5 Å². The quantitative estimate of drug-likeness (QED) is 0.209. The molecule has 0 bridgehead atoms. The molecule has 0 aliphatic carbocycles. The summed E-state index contributed by atoms with van der Waals surface area (Å²) in [6.07, 6.45) is 12.6. The first-order chi connectivity index (χ1) is 16.5. The van der Waals surface area contributed by atoms with Gasteiger partial charge in [0.1, 0.15) is 5.60 Å². The number of amides is 1. The molecule has 1 amide bonds. The number of carbonyl (C=O) groups excluding carboxylic acids is 1. The van der Waals surface area contributed by atoms with E-state index in [-0.39, 0.29) is 18.2 Å². The van der Waals surface area contributed by atoms with Gasteiger partial charge in [0.15, 0.2) is 0 Å². The van der Waals surface area contributed by atoms with Gasteiger partial charge in [-0.1, -0.05) is 103 Å². The van der Waals surface area contributed by atoms with Crippen molar-refractivity contribution < 1.29 is 9.53 Å². The van der Waals surface area contributed by atoms with Crippen LogP contribution < -0.4 is 0 Å². The standard InChI is InChI=1S/C31H44BrNO2/c1-8-27(32)20-11-9-15-23(2)16-13-17-24(3)33(30(34)35-31(5,6)7)25(4)28-22-14-19-26-18-10-12-21-29(26)28/h9-12,14-15,18-25,27H,8,13,16-17H2,1-7H3/b15-9+,20-11-/t23-,24+,25-,27?/m1/s1. The highest BCUT2D eigenvalue weighted by atomic mass is 79.9.